The van der Waals surface area contributed by atoms with E-state index in [4.69, 9.17) is 11.6 Å². The molecule has 3 aromatic rings. The van der Waals surface area contributed by atoms with Gasteiger partial charge in [-0.15, -0.1) is 0 Å². The van der Waals surface area contributed by atoms with Crippen molar-refractivity contribution in [2.75, 3.05) is 4.90 Å². The van der Waals surface area contributed by atoms with Gasteiger partial charge in [0.05, 0.1) is 18.7 Å². The summed E-state index contributed by atoms with van der Waals surface area (Å²) in [5.74, 6) is -0.768. The summed E-state index contributed by atoms with van der Waals surface area (Å²) in [4.78, 5) is 27.8. The lowest BCUT2D eigenvalue weighted by atomic mass is 9.88. The van der Waals surface area contributed by atoms with Crippen LogP contribution in [0.15, 0.2) is 72.8 Å². The zero-order valence-electron chi connectivity index (χ0n) is 16.6. The highest BCUT2D eigenvalue weighted by atomic mass is 35.5. The Balaban J connectivity index is 1.65. The van der Waals surface area contributed by atoms with Gasteiger partial charge in [-0.05, 0) is 35.7 Å². The summed E-state index contributed by atoms with van der Waals surface area (Å²) in [5.41, 5.74) is 1.63. The Labute approximate surface area is 180 Å². The average molecular weight is 420 g/mol. The molecule has 0 spiro atoms. The maximum absolute atomic E-state index is 13.3. The third-order valence-corrected chi connectivity index (χ3v) is 5.80. The number of benzene rings is 3. The van der Waals surface area contributed by atoms with Gasteiger partial charge in [0.15, 0.2) is 11.4 Å². The van der Waals surface area contributed by atoms with Crippen LogP contribution in [0.4, 0.5) is 5.69 Å². The molecular formula is C25H22ClNO3. The van der Waals surface area contributed by atoms with Gasteiger partial charge < -0.3 is 10.0 Å². The summed E-state index contributed by atoms with van der Waals surface area (Å²) in [6.45, 7) is 2.31. The Morgan fingerprint density at radius 1 is 1.00 bits per heavy atom. The van der Waals surface area contributed by atoms with Crippen LogP contribution in [-0.4, -0.2) is 16.8 Å². The standard InChI is InChI=1S/C25H22ClNO3/c1-2-17-10-12-19(13-11-17)23(28)15-25(30)21-8-3-4-9-22(21)27(24(25)29)16-18-6-5-7-20(26)14-18/h3-14,30H,2,15-16H2,1H3/t25-/m1/s1. The molecule has 0 fully saturated rings. The van der Waals surface area contributed by atoms with E-state index in [2.05, 4.69) is 0 Å². The fourth-order valence-electron chi connectivity index (χ4n) is 3.91. The van der Waals surface area contributed by atoms with Crippen LogP contribution in [0.25, 0.3) is 0 Å². The molecule has 152 valence electrons. The Hall–Kier alpha value is -2.95. The number of halogens is 1. The first-order valence-electron chi connectivity index (χ1n) is 9.93. The number of aryl methyl sites for hydroxylation is 1. The number of carbonyl (C=O) groups is 2. The van der Waals surface area contributed by atoms with E-state index in [0.29, 0.717) is 21.8 Å². The monoisotopic (exact) mass is 419 g/mol. The molecule has 0 aliphatic carbocycles. The fourth-order valence-corrected chi connectivity index (χ4v) is 4.13. The number of rotatable bonds is 6. The molecule has 4 rings (SSSR count). The van der Waals surface area contributed by atoms with Gasteiger partial charge in [0.2, 0.25) is 0 Å². The summed E-state index contributed by atoms with van der Waals surface area (Å²) in [7, 11) is 0. The lowest BCUT2D eigenvalue weighted by Gasteiger charge is -2.23. The second-order valence-corrected chi connectivity index (χ2v) is 7.99. The van der Waals surface area contributed by atoms with E-state index in [0.717, 1.165) is 17.5 Å². The van der Waals surface area contributed by atoms with Crippen LogP contribution in [0.5, 0.6) is 0 Å². The molecule has 5 heteroatoms. The van der Waals surface area contributed by atoms with Crippen LogP contribution in [0, 0.1) is 0 Å². The Morgan fingerprint density at radius 3 is 2.43 bits per heavy atom. The zero-order valence-corrected chi connectivity index (χ0v) is 17.4. The van der Waals surface area contributed by atoms with Crippen molar-refractivity contribution in [1.29, 1.82) is 0 Å². The highest BCUT2D eigenvalue weighted by molar-refractivity contribution is 6.30. The number of para-hydroxylation sites is 1. The normalized spacial score (nSPS) is 17.8. The van der Waals surface area contributed by atoms with E-state index < -0.39 is 11.5 Å². The average Bonchev–Trinajstić information content (AvgIpc) is 2.96. The molecule has 30 heavy (non-hydrogen) atoms. The molecule has 1 N–H and O–H groups in total. The molecule has 1 aliphatic rings. The lowest BCUT2D eigenvalue weighted by molar-refractivity contribution is -0.136. The van der Waals surface area contributed by atoms with Crippen LogP contribution >= 0.6 is 11.6 Å². The number of carbonyl (C=O) groups excluding carboxylic acids is 2. The molecule has 0 aromatic heterocycles. The number of aliphatic hydroxyl groups is 1. The molecule has 0 radical (unpaired) electrons. The van der Waals surface area contributed by atoms with Gasteiger partial charge in [0.25, 0.3) is 5.91 Å². The number of fused-ring (bicyclic) bond motifs is 1. The van der Waals surface area contributed by atoms with E-state index in [1.54, 1.807) is 42.5 Å². The van der Waals surface area contributed by atoms with Gasteiger partial charge in [-0.1, -0.05) is 73.1 Å². The van der Waals surface area contributed by atoms with Gasteiger partial charge in [-0.2, -0.15) is 0 Å². The molecule has 1 amide bonds. The quantitative estimate of drug-likeness (QED) is 0.577. The SMILES string of the molecule is CCc1ccc(C(=O)C[C@]2(O)C(=O)N(Cc3cccc(Cl)c3)c3ccccc32)cc1. The summed E-state index contributed by atoms with van der Waals surface area (Å²) in [5, 5.41) is 12.0. The van der Waals surface area contributed by atoms with Crippen molar-refractivity contribution >= 4 is 29.0 Å². The maximum Gasteiger partial charge on any atom is 0.264 e. The molecule has 1 heterocycles. The summed E-state index contributed by atoms with van der Waals surface area (Å²) in [6, 6.07) is 21.6. The fraction of sp³-hybridized carbons (Fsp3) is 0.200. The molecule has 0 saturated heterocycles. The van der Waals surface area contributed by atoms with Crippen LogP contribution < -0.4 is 4.90 Å². The third kappa shape index (κ3) is 3.64. The summed E-state index contributed by atoms with van der Waals surface area (Å²) in [6.07, 6.45) is 0.573. The number of hydrogen-bond acceptors (Lipinski definition) is 3. The number of ketones is 1. The van der Waals surface area contributed by atoms with E-state index in [9.17, 15) is 14.7 Å². The maximum atomic E-state index is 13.3. The Kier molecular flexibility index (Phi) is 5.46. The first-order chi connectivity index (χ1) is 14.4. The van der Waals surface area contributed by atoms with Gasteiger partial charge in [0.1, 0.15) is 0 Å². The number of hydrogen-bond donors (Lipinski definition) is 1. The molecule has 1 aliphatic heterocycles. The Morgan fingerprint density at radius 2 is 1.73 bits per heavy atom. The second kappa shape index (κ2) is 8.05. The Bertz CT molecular complexity index is 1110. The minimum absolute atomic E-state index is 0.262. The molecule has 0 unspecified atom stereocenters. The van der Waals surface area contributed by atoms with Gasteiger partial charge >= 0.3 is 0 Å². The van der Waals surface area contributed by atoms with E-state index in [-0.39, 0.29) is 18.7 Å². The van der Waals surface area contributed by atoms with Crippen molar-refractivity contribution in [2.45, 2.75) is 31.9 Å². The molecule has 0 saturated carbocycles. The van der Waals surface area contributed by atoms with Crippen molar-refractivity contribution in [3.63, 3.8) is 0 Å². The molecule has 1 atom stereocenters. The number of nitrogens with zero attached hydrogens (tertiary/aromatic N) is 1. The zero-order chi connectivity index (χ0) is 21.3. The summed E-state index contributed by atoms with van der Waals surface area (Å²) >= 11 is 6.08. The predicted octanol–water partition coefficient (Wildman–Crippen LogP) is 4.91. The lowest BCUT2D eigenvalue weighted by Crippen LogP contribution is -2.41. The third-order valence-electron chi connectivity index (χ3n) is 5.57. The summed E-state index contributed by atoms with van der Waals surface area (Å²) < 4.78 is 0. The molecule has 4 nitrogen and oxygen atoms in total. The van der Waals surface area contributed by atoms with Gasteiger partial charge in [-0.25, -0.2) is 0 Å². The van der Waals surface area contributed by atoms with Gasteiger partial charge in [0, 0.05) is 16.1 Å². The molecule has 0 bridgehead atoms. The topological polar surface area (TPSA) is 57.6 Å². The van der Waals surface area contributed by atoms with Crippen molar-refractivity contribution in [2.24, 2.45) is 0 Å². The van der Waals surface area contributed by atoms with Crippen LogP contribution in [-0.2, 0) is 23.4 Å². The largest absolute Gasteiger partial charge is 0.375 e. The van der Waals surface area contributed by atoms with Crippen LogP contribution in [0.3, 0.4) is 0 Å². The van der Waals surface area contributed by atoms with Crippen LogP contribution in [0.1, 0.15) is 40.4 Å². The first-order valence-corrected chi connectivity index (χ1v) is 10.3. The first kappa shape index (κ1) is 20.3. The van der Waals surface area contributed by atoms with E-state index in [1.807, 2.05) is 37.3 Å². The number of Topliss-reactive ketones (excluding diaryl/α,β-unsaturated/α-hetero) is 1. The minimum Gasteiger partial charge on any atom is -0.375 e. The second-order valence-electron chi connectivity index (χ2n) is 7.55. The highest BCUT2D eigenvalue weighted by Gasteiger charge is 2.50. The van der Waals surface area contributed by atoms with Crippen molar-refractivity contribution < 1.29 is 14.7 Å². The smallest absolute Gasteiger partial charge is 0.264 e. The van der Waals surface area contributed by atoms with Gasteiger partial charge in [-0.3, -0.25) is 9.59 Å². The highest BCUT2D eigenvalue weighted by Crippen LogP contribution is 2.43. The van der Waals surface area contributed by atoms with E-state index >= 15 is 0 Å². The molecule has 3 aromatic carbocycles. The minimum atomic E-state index is -1.89. The predicted molar refractivity (Wildman–Crippen MR) is 118 cm³/mol. The van der Waals surface area contributed by atoms with Crippen LogP contribution in [0.2, 0.25) is 5.02 Å². The van der Waals surface area contributed by atoms with Crippen molar-refractivity contribution in [3.05, 3.63) is 100 Å². The van der Waals surface area contributed by atoms with E-state index in [1.165, 1.54) is 4.90 Å². The number of amides is 1. The van der Waals surface area contributed by atoms with Crippen molar-refractivity contribution in [1.82, 2.24) is 0 Å². The molecular weight excluding hydrogens is 398 g/mol. The number of anilines is 1. The van der Waals surface area contributed by atoms with Crippen molar-refractivity contribution in [3.8, 4) is 0 Å².